The number of esters is 1. The Kier molecular flexibility index (Phi) is 8.59. The number of aromatic nitrogens is 1. The van der Waals surface area contributed by atoms with Gasteiger partial charge in [-0.1, -0.05) is 67.6 Å². The fraction of sp³-hybridized carbons (Fsp3) is 0.536. The Morgan fingerprint density at radius 2 is 1.72 bits per heavy atom. The SMILES string of the molecule is O=C(C[N+]12CCC(CC1)[C@@H](OC(=O)C1(c3ccccc3)CCCCCC1)C2)Nc1ccc(Cl)cn1.[Cl-]. The lowest BCUT2D eigenvalue weighted by Gasteiger charge is -2.52. The molecule has 1 amide bonds. The van der Waals surface area contributed by atoms with E-state index in [4.69, 9.17) is 16.3 Å². The van der Waals surface area contributed by atoms with Crippen LogP contribution in [-0.4, -0.2) is 53.6 Å². The monoisotopic (exact) mass is 531 g/mol. The Balaban J connectivity index is 0.00000304. The van der Waals surface area contributed by atoms with Crippen LogP contribution >= 0.6 is 11.6 Å². The highest BCUT2D eigenvalue weighted by atomic mass is 35.5. The lowest BCUT2D eigenvalue weighted by molar-refractivity contribution is -0.939. The summed E-state index contributed by atoms with van der Waals surface area (Å²) in [7, 11) is 0. The molecule has 1 N–H and O–H groups in total. The first kappa shape index (κ1) is 26.9. The molecule has 0 radical (unpaired) electrons. The first-order valence-electron chi connectivity index (χ1n) is 13.0. The van der Waals surface area contributed by atoms with Crippen molar-refractivity contribution in [2.24, 2.45) is 5.92 Å². The molecule has 3 saturated heterocycles. The highest BCUT2D eigenvalue weighted by molar-refractivity contribution is 6.30. The van der Waals surface area contributed by atoms with E-state index in [1.807, 2.05) is 18.2 Å². The van der Waals surface area contributed by atoms with E-state index in [1.165, 1.54) is 19.0 Å². The molecule has 1 atom stereocenters. The Morgan fingerprint density at radius 1 is 1.03 bits per heavy atom. The fourth-order valence-electron chi connectivity index (χ4n) is 6.46. The molecule has 6 rings (SSSR count). The maximum atomic E-state index is 13.9. The van der Waals surface area contributed by atoms with Gasteiger partial charge < -0.3 is 26.9 Å². The number of benzene rings is 1. The van der Waals surface area contributed by atoms with Crippen molar-refractivity contribution >= 4 is 29.3 Å². The highest BCUT2D eigenvalue weighted by Crippen LogP contribution is 2.42. The molecule has 6 nitrogen and oxygen atoms in total. The number of nitrogens with one attached hydrogen (secondary N) is 1. The van der Waals surface area contributed by atoms with E-state index >= 15 is 0 Å². The minimum Gasteiger partial charge on any atom is -1.00 e. The van der Waals surface area contributed by atoms with Gasteiger partial charge in [0.25, 0.3) is 5.91 Å². The lowest BCUT2D eigenvalue weighted by atomic mass is 9.74. The minimum atomic E-state index is -0.549. The van der Waals surface area contributed by atoms with Gasteiger partial charge in [0.1, 0.15) is 12.4 Å². The highest BCUT2D eigenvalue weighted by Gasteiger charge is 2.51. The third-order valence-corrected chi connectivity index (χ3v) is 8.67. The van der Waals surface area contributed by atoms with Crippen molar-refractivity contribution in [1.82, 2.24) is 4.98 Å². The first-order chi connectivity index (χ1) is 17.0. The average molecular weight is 533 g/mol. The normalized spacial score (nSPS) is 26.8. The third-order valence-electron chi connectivity index (χ3n) is 8.45. The molecule has 1 aromatic carbocycles. The molecule has 4 heterocycles. The maximum Gasteiger partial charge on any atom is 0.317 e. The van der Waals surface area contributed by atoms with Crippen molar-refractivity contribution in [3.05, 3.63) is 59.2 Å². The largest absolute Gasteiger partial charge is 1.00 e. The molecule has 2 aromatic rings. The van der Waals surface area contributed by atoms with Gasteiger partial charge in [-0.2, -0.15) is 0 Å². The molecule has 4 fully saturated rings. The zero-order valence-electron chi connectivity index (χ0n) is 20.6. The number of quaternary nitrogens is 1. The predicted molar refractivity (Wildman–Crippen MR) is 136 cm³/mol. The Hall–Kier alpha value is -2.15. The second kappa shape index (κ2) is 11.5. The Labute approximate surface area is 224 Å². The van der Waals surface area contributed by atoms with Gasteiger partial charge in [-0.3, -0.25) is 9.59 Å². The summed E-state index contributed by atoms with van der Waals surface area (Å²) in [6, 6.07) is 13.7. The van der Waals surface area contributed by atoms with Gasteiger partial charge >= 0.3 is 5.97 Å². The van der Waals surface area contributed by atoms with Crippen molar-refractivity contribution < 1.29 is 31.2 Å². The summed E-state index contributed by atoms with van der Waals surface area (Å²) in [6.45, 7) is 2.98. The van der Waals surface area contributed by atoms with Crippen LogP contribution in [0, 0.1) is 5.92 Å². The van der Waals surface area contributed by atoms with Gasteiger partial charge in [-0.15, -0.1) is 0 Å². The molecule has 194 valence electrons. The molecule has 1 aliphatic carbocycles. The van der Waals surface area contributed by atoms with Crippen molar-refractivity contribution in [3.8, 4) is 0 Å². The number of nitrogens with zero attached hydrogens (tertiary/aromatic N) is 2. The van der Waals surface area contributed by atoms with E-state index in [0.717, 1.165) is 57.2 Å². The molecule has 4 aliphatic rings. The summed E-state index contributed by atoms with van der Waals surface area (Å²) < 4.78 is 7.08. The fourth-order valence-corrected chi connectivity index (χ4v) is 6.58. The quantitative estimate of drug-likeness (QED) is 0.352. The lowest BCUT2D eigenvalue weighted by Crippen LogP contribution is -3.00. The number of piperidine rings is 3. The second-order valence-electron chi connectivity index (χ2n) is 10.7. The van der Waals surface area contributed by atoms with E-state index in [2.05, 4.69) is 22.4 Å². The van der Waals surface area contributed by atoms with Crippen LogP contribution in [0.3, 0.4) is 0 Å². The van der Waals surface area contributed by atoms with Crippen molar-refractivity contribution in [1.29, 1.82) is 0 Å². The van der Waals surface area contributed by atoms with Crippen molar-refractivity contribution in [2.45, 2.75) is 62.9 Å². The number of pyridine rings is 1. The van der Waals surface area contributed by atoms with Gasteiger partial charge in [-0.25, -0.2) is 4.98 Å². The molecule has 0 unspecified atom stereocenters. The standard InChI is InChI=1S/C28H34ClN3O3.ClH/c29-23-10-11-25(30-18-23)31-26(33)20-32-16-12-21(13-17-32)24(19-32)35-27(34)28(14-6-1-2-7-15-28)22-8-4-3-5-9-22;/h3-5,8-11,18,21,24H,1-2,6-7,12-17,19-20H2;1H/t21?,24-,32?;/m0./s1. The molecule has 3 aliphatic heterocycles. The smallest absolute Gasteiger partial charge is 0.317 e. The second-order valence-corrected chi connectivity index (χ2v) is 11.1. The summed E-state index contributed by atoms with van der Waals surface area (Å²) >= 11 is 5.91. The van der Waals surface area contributed by atoms with E-state index in [9.17, 15) is 9.59 Å². The van der Waals surface area contributed by atoms with Crippen LogP contribution in [-0.2, 0) is 19.7 Å². The van der Waals surface area contributed by atoms with Gasteiger partial charge in [0.05, 0.1) is 23.5 Å². The van der Waals surface area contributed by atoms with E-state index in [1.54, 1.807) is 12.1 Å². The zero-order chi connectivity index (χ0) is 24.3. The number of fused-ring (bicyclic) bond motifs is 3. The summed E-state index contributed by atoms with van der Waals surface area (Å²) in [5.74, 6) is 0.774. The van der Waals surface area contributed by atoms with Gasteiger partial charge in [-0.05, 0) is 30.5 Å². The van der Waals surface area contributed by atoms with Crippen LogP contribution in [0.4, 0.5) is 5.82 Å². The number of ether oxygens (including phenoxy) is 1. The average Bonchev–Trinajstić information content (AvgIpc) is 3.14. The van der Waals surface area contributed by atoms with Crippen LogP contribution in [0.15, 0.2) is 48.7 Å². The molecule has 1 saturated carbocycles. The molecule has 8 heteroatoms. The summed E-state index contributed by atoms with van der Waals surface area (Å²) in [5.41, 5.74) is 0.540. The van der Waals surface area contributed by atoms with Crippen molar-refractivity contribution in [2.75, 3.05) is 31.5 Å². The van der Waals surface area contributed by atoms with Crippen LogP contribution in [0.5, 0.6) is 0 Å². The number of carbonyl (C=O) groups excluding carboxylic acids is 2. The summed E-state index contributed by atoms with van der Waals surface area (Å²) in [4.78, 5) is 31.0. The Morgan fingerprint density at radius 3 is 2.36 bits per heavy atom. The van der Waals surface area contributed by atoms with Gasteiger partial charge in [0.2, 0.25) is 0 Å². The number of carbonyl (C=O) groups is 2. The number of amides is 1. The molecule has 0 spiro atoms. The molecular formula is C28H35Cl2N3O3. The third kappa shape index (κ3) is 5.71. The van der Waals surface area contributed by atoms with E-state index < -0.39 is 5.41 Å². The van der Waals surface area contributed by atoms with Crippen LogP contribution in [0.1, 0.15) is 56.9 Å². The topological polar surface area (TPSA) is 68.3 Å². The summed E-state index contributed by atoms with van der Waals surface area (Å²) in [5, 5.41) is 3.44. The minimum absolute atomic E-state index is 0. The number of rotatable bonds is 6. The zero-order valence-corrected chi connectivity index (χ0v) is 22.1. The van der Waals surface area contributed by atoms with Crippen LogP contribution in [0.25, 0.3) is 0 Å². The predicted octanol–water partition coefficient (Wildman–Crippen LogP) is 2.12. The molecular weight excluding hydrogens is 497 g/mol. The van der Waals surface area contributed by atoms with Crippen LogP contribution < -0.4 is 17.7 Å². The van der Waals surface area contributed by atoms with E-state index in [-0.39, 0.29) is 30.4 Å². The van der Waals surface area contributed by atoms with E-state index in [0.29, 0.717) is 34.3 Å². The first-order valence-corrected chi connectivity index (χ1v) is 13.4. The number of hydrogen-bond acceptors (Lipinski definition) is 4. The number of anilines is 1. The number of halogens is 2. The molecule has 1 aromatic heterocycles. The molecule has 2 bridgehead atoms. The maximum absolute atomic E-state index is 13.9. The summed E-state index contributed by atoms with van der Waals surface area (Å²) in [6.07, 6.45) is 9.53. The molecule has 36 heavy (non-hydrogen) atoms. The van der Waals surface area contributed by atoms with Gasteiger partial charge in [0, 0.05) is 25.0 Å². The van der Waals surface area contributed by atoms with Crippen molar-refractivity contribution in [3.63, 3.8) is 0 Å². The van der Waals surface area contributed by atoms with Gasteiger partial charge in [0.15, 0.2) is 12.6 Å². The Bertz CT molecular complexity index is 1030. The van der Waals surface area contributed by atoms with Crippen LogP contribution in [0.2, 0.25) is 5.02 Å². The number of hydrogen-bond donors (Lipinski definition) is 1.